The molecule has 1 heterocycles. The molecule has 1 aromatic carbocycles. The summed E-state index contributed by atoms with van der Waals surface area (Å²) in [7, 11) is 3.33. The first-order chi connectivity index (χ1) is 8.15. The van der Waals surface area contributed by atoms with Gasteiger partial charge in [0.15, 0.2) is 11.5 Å². The Balaban J connectivity index is 2.32. The van der Waals surface area contributed by atoms with Gasteiger partial charge >= 0.3 is 0 Å². The number of nitrogens with zero attached hydrogens (tertiary/aromatic N) is 1. The lowest BCUT2D eigenvalue weighted by molar-refractivity contribution is 0.355. The third kappa shape index (κ3) is 2.31. The van der Waals surface area contributed by atoms with Crippen molar-refractivity contribution in [3.63, 3.8) is 0 Å². The number of rotatable bonds is 4. The van der Waals surface area contributed by atoms with Crippen molar-refractivity contribution in [3.8, 4) is 11.5 Å². The Kier molecular flexibility index (Phi) is 3.43. The quantitative estimate of drug-likeness (QED) is 0.858. The lowest BCUT2D eigenvalue weighted by Crippen LogP contribution is -2.34. The van der Waals surface area contributed by atoms with Gasteiger partial charge in [0.2, 0.25) is 0 Å². The predicted molar refractivity (Wildman–Crippen MR) is 69.1 cm³/mol. The van der Waals surface area contributed by atoms with Crippen LogP contribution in [0.25, 0.3) is 0 Å². The van der Waals surface area contributed by atoms with Crippen LogP contribution in [-0.2, 0) is 6.42 Å². The zero-order valence-corrected chi connectivity index (χ0v) is 10.7. The standard InChI is InChI=1S/C13H20N2O2/c1-9(14)8-15-5-4-10-6-12(16-2)13(17-3)7-11(10)15/h6-7,9H,4-5,8,14H2,1-3H3/t9-/m0/s1. The van der Waals surface area contributed by atoms with Crippen LogP contribution in [0.2, 0.25) is 0 Å². The van der Waals surface area contributed by atoms with E-state index < -0.39 is 0 Å². The second-order valence-electron chi connectivity index (χ2n) is 4.51. The van der Waals surface area contributed by atoms with Gasteiger partial charge in [0.1, 0.15) is 0 Å². The molecule has 1 aliphatic rings. The topological polar surface area (TPSA) is 47.7 Å². The third-order valence-electron chi connectivity index (χ3n) is 3.08. The lowest BCUT2D eigenvalue weighted by Gasteiger charge is -2.22. The number of benzene rings is 1. The molecule has 1 aromatic rings. The van der Waals surface area contributed by atoms with Crippen molar-refractivity contribution in [2.75, 3.05) is 32.2 Å². The van der Waals surface area contributed by atoms with E-state index in [-0.39, 0.29) is 6.04 Å². The molecule has 0 saturated carbocycles. The SMILES string of the molecule is COc1cc2c(cc1OC)N(C[C@H](C)N)CC2. The van der Waals surface area contributed by atoms with Crippen LogP contribution in [0.3, 0.4) is 0 Å². The highest BCUT2D eigenvalue weighted by molar-refractivity contribution is 5.65. The Hall–Kier alpha value is -1.42. The second kappa shape index (κ2) is 4.84. The molecule has 4 nitrogen and oxygen atoms in total. The summed E-state index contributed by atoms with van der Waals surface area (Å²) in [6.07, 6.45) is 1.04. The van der Waals surface area contributed by atoms with E-state index in [1.54, 1.807) is 14.2 Å². The highest BCUT2D eigenvalue weighted by Crippen LogP contribution is 2.38. The molecule has 2 rings (SSSR count). The maximum atomic E-state index is 5.86. The van der Waals surface area contributed by atoms with Crippen LogP contribution >= 0.6 is 0 Å². The first-order valence-electron chi connectivity index (χ1n) is 5.91. The number of ether oxygens (including phenoxy) is 2. The van der Waals surface area contributed by atoms with E-state index in [0.29, 0.717) is 0 Å². The molecule has 1 aliphatic heterocycles. The van der Waals surface area contributed by atoms with Crippen LogP contribution < -0.4 is 20.1 Å². The number of methoxy groups -OCH3 is 2. The van der Waals surface area contributed by atoms with Gasteiger partial charge in [-0.05, 0) is 25.0 Å². The Bertz CT molecular complexity index is 405. The van der Waals surface area contributed by atoms with E-state index >= 15 is 0 Å². The smallest absolute Gasteiger partial charge is 0.162 e. The molecule has 4 heteroatoms. The van der Waals surface area contributed by atoms with Gasteiger partial charge in [0.25, 0.3) is 0 Å². The molecule has 0 aromatic heterocycles. The molecule has 0 unspecified atom stereocenters. The van der Waals surface area contributed by atoms with Crippen molar-refractivity contribution in [1.29, 1.82) is 0 Å². The van der Waals surface area contributed by atoms with E-state index in [1.807, 2.05) is 13.0 Å². The van der Waals surface area contributed by atoms with E-state index in [2.05, 4.69) is 11.0 Å². The summed E-state index contributed by atoms with van der Waals surface area (Å²) in [5.41, 5.74) is 8.39. The van der Waals surface area contributed by atoms with Gasteiger partial charge in [-0.1, -0.05) is 0 Å². The Morgan fingerprint density at radius 1 is 1.29 bits per heavy atom. The summed E-state index contributed by atoms with van der Waals surface area (Å²) in [4.78, 5) is 2.31. The minimum Gasteiger partial charge on any atom is -0.493 e. The Morgan fingerprint density at radius 3 is 2.53 bits per heavy atom. The normalized spacial score (nSPS) is 15.6. The molecule has 0 bridgehead atoms. The first-order valence-corrected chi connectivity index (χ1v) is 5.91. The zero-order chi connectivity index (χ0) is 12.4. The van der Waals surface area contributed by atoms with Crippen LogP contribution in [0.5, 0.6) is 11.5 Å². The van der Waals surface area contributed by atoms with Crippen molar-refractivity contribution in [2.24, 2.45) is 5.73 Å². The molecule has 1 atom stereocenters. The molecular formula is C13H20N2O2. The van der Waals surface area contributed by atoms with Crippen molar-refractivity contribution in [1.82, 2.24) is 0 Å². The lowest BCUT2D eigenvalue weighted by atomic mass is 10.1. The summed E-state index contributed by atoms with van der Waals surface area (Å²) < 4.78 is 10.6. The van der Waals surface area contributed by atoms with E-state index in [1.165, 1.54) is 11.3 Å². The van der Waals surface area contributed by atoms with E-state index in [9.17, 15) is 0 Å². The summed E-state index contributed by atoms with van der Waals surface area (Å²) in [6.45, 7) is 3.93. The molecule has 0 radical (unpaired) electrons. The maximum Gasteiger partial charge on any atom is 0.162 e. The molecular weight excluding hydrogens is 216 g/mol. The van der Waals surface area contributed by atoms with Gasteiger partial charge in [-0.2, -0.15) is 0 Å². The Labute approximate surface area is 102 Å². The second-order valence-corrected chi connectivity index (χ2v) is 4.51. The van der Waals surface area contributed by atoms with Crippen LogP contribution in [0, 0.1) is 0 Å². The largest absolute Gasteiger partial charge is 0.493 e. The van der Waals surface area contributed by atoms with Crippen molar-refractivity contribution in [3.05, 3.63) is 17.7 Å². The molecule has 0 saturated heterocycles. The fourth-order valence-corrected chi connectivity index (χ4v) is 2.32. The molecule has 0 fully saturated rings. The van der Waals surface area contributed by atoms with E-state index in [4.69, 9.17) is 15.2 Å². The number of fused-ring (bicyclic) bond motifs is 1. The average Bonchev–Trinajstić information content (AvgIpc) is 2.69. The van der Waals surface area contributed by atoms with Gasteiger partial charge < -0.3 is 20.1 Å². The van der Waals surface area contributed by atoms with Crippen molar-refractivity contribution >= 4 is 5.69 Å². The monoisotopic (exact) mass is 236 g/mol. The number of anilines is 1. The van der Waals surface area contributed by atoms with Gasteiger partial charge in [-0.3, -0.25) is 0 Å². The highest BCUT2D eigenvalue weighted by Gasteiger charge is 2.22. The Morgan fingerprint density at radius 2 is 1.94 bits per heavy atom. The van der Waals surface area contributed by atoms with Crippen molar-refractivity contribution < 1.29 is 9.47 Å². The molecule has 94 valence electrons. The summed E-state index contributed by atoms with van der Waals surface area (Å²) in [6, 6.07) is 4.29. The molecule has 17 heavy (non-hydrogen) atoms. The van der Waals surface area contributed by atoms with Gasteiger partial charge in [0, 0.05) is 30.9 Å². The third-order valence-corrected chi connectivity index (χ3v) is 3.08. The maximum absolute atomic E-state index is 5.86. The molecule has 0 aliphatic carbocycles. The fraction of sp³-hybridized carbons (Fsp3) is 0.538. The van der Waals surface area contributed by atoms with Crippen LogP contribution in [-0.4, -0.2) is 33.4 Å². The number of hydrogen-bond acceptors (Lipinski definition) is 4. The summed E-state index contributed by atoms with van der Waals surface area (Å²) in [5, 5.41) is 0. The van der Waals surface area contributed by atoms with Gasteiger partial charge in [-0.25, -0.2) is 0 Å². The van der Waals surface area contributed by atoms with Crippen LogP contribution in [0.4, 0.5) is 5.69 Å². The summed E-state index contributed by atoms with van der Waals surface area (Å²) >= 11 is 0. The van der Waals surface area contributed by atoms with Gasteiger partial charge in [0.05, 0.1) is 14.2 Å². The van der Waals surface area contributed by atoms with Gasteiger partial charge in [-0.15, -0.1) is 0 Å². The highest BCUT2D eigenvalue weighted by atomic mass is 16.5. The number of hydrogen-bond donors (Lipinski definition) is 1. The van der Waals surface area contributed by atoms with E-state index in [0.717, 1.165) is 31.0 Å². The minimum absolute atomic E-state index is 0.175. The number of nitrogens with two attached hydrogens (primary N) is 1. The average molecular weight is 236 g/mol. The van der Waals surface area contributed by atoms with Crippen LogP contribution in [0.15, 0.2) is 12.1 Å². The summed E-state index contributed by atoms with van der Waals surface area (Å²) in [5.74, 6) is 1.58. The molecule has 2 N–H and O–H groups in total. The molecule has 0 spiro atoms. The van der Waals surface area contributed by atoms with Crippen LogP contribution in [0.1, 0.15) is 12.5 Å². The molecule has 0 amide bonds. The van der Waals surface area contributed by atoms with Crippen molar-refractivity contribution in [2.45, 2.75) is 19.4 Å². The zero-order valence-electron chi connectivity index (χ0n) is 10.7. The first kappa shape index (κ1) is 12.0. The minimum atomic E-state index is 0.175. The fourth-order valence-electron chi connectivity index (χ4n) is 2.32. The predicted octanol–water partition coefficient (Wildman–Crippen LogP) is 1.41.